The Balaban J connectivity index is 1.55. The van der Waals surface area contributed by atoms with Gasteiger partial charge in [0.05, 0.1) is 13.1 Å². The first kappa shape index (κ1) is 16.0. The fourth-order valence-corrected chi connectivity index (χ4v) is 2.32. The highest BCUT2D eigenvalue weighted by Gasteiger charge is 2.12. The van der Waals surface area contributed by atoms with Crippen molar-refractivity contribution in [1.29, 1.82) is 0 Å². The largest absolute Gasteiger partial charge is 0.464 e. The normalized spacial score (nSPS) is 13.2. The molecule has 0 aliphatic heterocycles. The molecule has 3 aromatic heterocycles. The third kappa shape index (κ3) is 3.54. The Hall–Kier alpha value is -2.87. The van der Waals surface area contributed by atoms with Crippen LogP contribution in [0.25, 0.3) is 5.65 Å². The Bertz CT molecular complexity index is 838. The lowest BCUT2D eigenvalue weighted by Crippen LogP contribution is -2.39. The van der Waals surface area contributed by atoms with Crippen molar-refractivity contribution in [2.45, 2.75) is 19.6 Å². The smallest absolute Gasteiger partial charge is 0.191 e. The predicted molar refractivity (Wildman–Crippen MR) is 89.6 cm³/mol. The van der Waals surface area contributed by atoms with Gasteiger partial charge in [-0.3, -0.25) is 9.39 Å². The fraction of sp³-hybridized carbons (Fsp3) is 0.312. The maximum absolute atomic E-state index is 10.1. The van der Waals surface area contributed by atoms with E-state index in [9.17, 15) is 5.11 Å². The summed E-state index contributed by atoms with van der Waals surface area (Å²) in [5.74, 6) is 2.63. The van der Waals surface area contributed by atoms with Crippen LogP contribution in [0.2, 0.25) is 0 Å². The molecular formula is C16H20N6O2. The number of fused-ring (bicyclic) bond motifs is 1. The third-order valence-corrected chi connectivity index (χ3v) is 3.57. The summed E-state index contributed by atoms with van der Waals surface area (Å²) >= 11 is 0. The van der Waals surface area contributed by atoms with Gasteiger partial charge in [-0.05, 0) is 31.2 Å². The standard InChI is InChI=1S/C16H20N6O2/c1-11-6-7-13(24-11)12(23)9-18-16(17-2)19-10-15-21-20-14-5-3-4-8-22(14)15/h3-8,12,23H,9-10H2,1-2H3,(H2,17,18,19). The molecule has 0 saturated heterocycles. The van der Waals surface area contributed by atoms with Gasteiger partial charge in [-0.25, -0.2) is 0 Å². The first-order valence-electron chi connectivity index (χ1n) is 7.65. The second-order valence-corrected chi connectivity index (χ2v) is 5.32. The number of aryl methyl sites for hydroxylation is 1. The Morgan fingerprint density at radius 3 is 2.92 bits per heavy atom. The topological polar surface area (TPSA) is 100.0 Å². The Kier molecular flexibility index (Phi) is 4.76. The molecule has 1 atom stereocenters. The summed E-state index contributed by atoms with van der Waals surface area (Å²) in [5.41, 5.74) is 0.792. The van der Waals surface area contributed by atoms with Crippen molar-refractivity contribution in [3.63, 3.8) is 0 Å². The van der Waals surface area contributed by atoms with Gasteiger partial charge in [-0.2, -0.15) is 0 Å². The number of aliphatic hydroxyl groups excluding tert-OH is 1. The molecule has 0 fully saturated rings. The average Bonchev–Trinajstić information content (AvgIpc) is 3.21. The molecule has 3 aromatic rings. The highest BCUT2D eigenvalue weighted by Crippen LogP contribution is 2.14. The van der Waals surface area contributed by atoms with Gasteiger partial charge in [0.1, 0.15) is 17.6 Å². The van der Waals surface area contributed by atoms with Crippen LogP contribution in [0.4, 0.5) is 0 Å². The van der Waals surface area contributed by atoms with Crippen LogP contribution in [0.3, 0.4) is 0 Å². The van der Waals surface area contributed by atoms with Gasteiger partial charge < -0.3 is 20.2 Å². The van der Waals surface area contributed by atoms with Crippen molar-refractivity contribution in [2.75, 3.05) is 13.6 Å². The van der Waals surface area contributed by atoms with Crippen LogP contribution in [0.1, 0.15) is 23.4 Å². The predicted octanol–water partition coefficient (Wildman–Crippen LogP) is 1.03. The zero-order valence-electron chi connectivity index (χ0n) is 13.6. The van der Waals surface area contributed by atoms with E-state index >= 15 is 0 Å². The van der Waals surface area contributed by atoms with Crippen LogP contribution in [0, 0.1) is 6.92 Å². The number of nitrogens with one attached hydrogen (secondary N) is 2. The van der Waals surface area contributed by atoms with E-state index in [1.807, 2.05) is 41.8 Å². The van der Waals surface area contributed by atoms with Crippen molar-refractivity contribution in [2.24, 2.45) is 4.99 Å². The molecule has 0 radical (unpaired) electrons. The zero-order valence-corrected chi connectivity index (χ0v) is 13.6. The second-order valence-electron chi connectivity index (χ2n) is 5.32. The maximum Gasteiger partial charge on any atom is 0.191 e. The van der Waals surface area contributed by atoms with E-state index in [0.29, 0.717) is 18.3 Å². The first-order chi connectivity index (χ1) is 11.7. The molecular weight excluding hydrogens is 308 g/mol. The number of guanidine groups is 1. The van der Waals surface area contributed by atoms with Crippen molar-refractivity contribution in [3.05, 3.63) is 53.9 Å². The number of nitrogens with zero attached hydrogens (tertiary/aromatic N) is 4. The van der Waals surface area contributed by atoms with Gasteiger partial charge in [-0.15, -0.1) is 10.2 Å². The third-order valence-electron chi connectivity index (χ3n) is 3.57. The minimum Gasteiger partial charge on any atom is -0.464 e. The molecule has 8 heteroatoms. The summed E-state index contributed by atoms with van der Waals surface area (Å²) in [6.45, 7) is 2.58. The fourth-order valence-electron chi connectivity index (χ4n) is 2.32. The molecule has 3 N–H and O–H groups in total. The molecule has 0 spiro atoms. The van der Waals surface area contributed by atoms with Gasteiger partial charge in [-0.1, -0.05) is 6.07 Å². The number of hydrogen-bond acceptors (Lipinski definition) is 5. The molecule has 0 amide bonds. The lowest BCUT2D eigenvalue weighted by Gasteiger charge is -2.13. The Morgan fingerprint density at radius 2 is 2.17 bits per heavy atom. The van der Waals surface area contributed by atoms with Crippen molar-refractivity contribution in [1.82, 2.24) is 25.2 Å². The van der Waals surface area contributed by atoms with Gasteiger partial charge >= 0.3 is 0 Å². The van der Waals surface area contributed by atoms with E-state index < -0.39 is 6.10 Å². The molecule has 3 rings (SSSR count). The molecule has 0 aliphatic carbocycles. The highest BCUT2D eigenvalue weighted by molar-refractivity contribution is 5.79. The number of aliphatic imine (C=N–C) groups is 1. The lowest BCUT2D eigenvalue weighted by atomic mass is 10.3. The first-order valence-corrected chi connectivity index (χ1v) is 7.65. The van der Waals surface area contributed by atoms with Crippen molar-refractivity contribution >= 4 is 11.6 Å². The zero-order chi connectivity index (χ0) is 16.9. The van der Waals surface area contributed by atoms with Gasteiger partial charge in [0.25, 0.3) is 0 Å². The Morgan fingerprint density at radius 1 is 1.29 bits per heavy atom. The van der Waals surface area contributed by atoms with E-state index in [0.717, 1.165) is 17.2 Å². The van der Waals surface area contributed by atoms with Gasteiger partial charge in [0.15, 0.2) is 17.4 Å². The van der Waals surface area contributed by atoms with Crippen molar-refractivity contribution < 1.29 is 9.52 Å². The lowest BCUT2D eigenvalue weighted by molar-refractivity contribution is 0.151. The number of hydrogen-bond donors (Lipinski definition) is 3. The van der Waals surface area contributed by atoms with Crippen LogP contribution in [0.15, 0.2) is 45.9 Å². The SMILES string of the molecule is CN=C(NCc1nnc2ccccn12)NCC(O)c1ccc(C)o1. The molecule has 0 aromatic carbocycles. The molecule has 24 heavy (non-hydrogen) atoms. The summed E-state index contributed by atoms with van der Waals surface area (Å²) in [4.78, 5) is 4.13. The quantitative estimate of drug-likeness (QED) is 0.478. The van der Waals surface area contributed by atoms with Crippen LogP contribution >= 0.6 is 0 Å². The van der Waals surface area contributed by atoms with E-state index in [-0.39, 0.29) is 6.54 Å². The number of pyridine rings is 1. The van der Waals surface area contributed by atoms with Crippen LogP contribution in [0.5, 0.6) is 0 Å². The number of rotatable bonds is 5. The molecule has 126 valence electrons. The van der Waals surface area contributed by atoms with E-state index in [2.05, 4.69) is 25.8 Å². The summed E-state index contributed by atoms with van der Waals surface area (Å²) in [5, 5.41) is 24.6. The van der Waals surface area contributed by atoms with E-state index in [4.69, 9.17) is 4.42 Å². The molecule has 3 heterocycles. The summed E-state index contributed by atoms with van der Waals surface area (Å²) in [6.07, 6.45) is 1.16. The average molecular weight is 328 g/mol. The summed E-state index contributed by atoms with van der Waals surface area (Å²) < 4.78 is 7.31. The number of aliphatic hydroxyl groups is 1. The Labute approximate surface area is 139 Å². The highest BCUT2D eigenvalue weighted by atomic mass is 16.4. The molecule has 1 unspecified atom stereocenters. The molecule has 8 nitrogen and oxygen atoms in total. The van der Waals surface area contributed by atoms with Crippen molar-refractivity contribution in [3.8, 4) is 0 Å². The summed E-state index contributed by atoms with van der Waals surface area (Å²) in [7, 11) is 1.67. The monoisotopic (exact) mass is 328 g/mol. The maximum atomic E-state index is 10.1. The van der Waals surface area contributed by atoms with Gasteiger partial charge in [0, 0.05) is 13.2 Å². The van der Waals surface area contributed by atoms with Crippen LogP contribution in [-0.2, 0) is 6.54 Å². The number of furan rings is 1. The van der Waals surface area contributed by atoms with Crippen LogP contribution in [-0.4, -0.2) is 39.3 Å². The minimum atomic E-state index is -0.744. The molecule has 0 saturated carbocycles. The second kappa shape index (κ2) is 7.14. The number of aromatic nitrogens is 3. The van der Waals surface area contributed by atoms with Crippen LogP contribution < -0.4 is 10.6 Å². The minimum absolute atomic E-state index is 0.285. The van der Waals surface area contributed by atoms with E-state index in [1.54, 1.807) is 13.1 Å². The van der Waals surface area contributed by atoms with E-state index in [1.165, 1.54) is 0 Å². The van der Waals surface area contributed by atoms with Gasteiger partial charge in [0.2, 0.25) is 0 Å². The summed E-state index contributed by atoms with van der Waals surface area (Å²) in [6, 6.07) is 9.32. The molecule has 0 aliphatic rings. The molecule has 0 bridgehead atoms.